The van der Waals surface area contributed by atoms with Gasteiger partial charge in [-0.25, -0.2) is 8.78 Å². The van der Waals surface area contributed by atoms with E-state index in [-0.39, 0.29) is 5.56 Å². The van der Waals surface area contributed by atoms with Crippen LogP contribution in [0.5, 0.6) is 0 Å². The van der Waals surface area contributed by atoms with E-state index in [1.54, 1.807) is 6.92 Å². The fourth-order valence-electron chi connectivity index (χ4n) is 2.85. The van der Waals surface area contributed by atoms with E-state index in [0.29, 0.717) is 5.56 Å². The molecule has 3 aromatic carbocycles. The summed E-state index contributed by atoms with van der Waals surface area (Å²) in [6.07, 6.45) is 2.22. The number of aryl methyl sites for hydroxylation is 2. The first-order valence-corrected chi connectivity index (χ1v) is 8.74. The van der Waals surface area contributed by atoms with E-state index in [2.05, 4.69) is 43.0 Å². The molecule has 0 heterocycles. The summed E-state index contributed by atoms with van der Waals surface area (Å²) in [7, 11) is 0. The fourth-order valence-corrected chi connectivity index (χ4v) is 2.85. The summed E-state index contributed by atoms with van der Waals surface area (Å²) < 4.78 is 27.7. The third-order valence-corrected chi connectivity index (χ3v) is 4.23. The molecule has 0 bridgehead atoms. The molecule has 0 radical (unpaired) electrons. The minimum absolute atomic E-state index is 0.189. The zero-order valence-electron chi connectivity index (χ0n) is 14.9. The zero-order chi connectivity index (χ0) is 18.5. The van der Waals surface area contributed by atoms with E-state index in [4.69, 9.17) is 0 Å². The molecule has 0 unspecified atom stereocenters. The van der Waals surface area contributed by atoms with Gasteiger partial charge >= 0.3 is 0 Å². The second-order valence-electron chi connectivity index (χ2n) is 6.38. The summed E-state index contributed by atoms with van der Waals surface area (Å²) in [4.78, 5) is 0. The van der Waals surface area contributed by atoms with Gasteiger partial charge in [0.15, 0.2) is 0 Å². The van der Waals surface area contributed by atoms with Crippen LogP contribution in [-0.4, -0.2) is 0 Å². The van der Waals surface area contributed by atoms with Crippen molar-refractivity contribution in [2.24, 2.45) is 0 Å². The van der Waals surface area contributed by atoms with Crippen molar-refractivity contribution in [1.29, 1.82) is 0 Å². The van der Waals surface area contributed by atoms with Crippen LogP contribution in [0.4, 0.5) is 8.78 Å². The molecule has 0 saturated heterocycles. The molecule has 3 aromatic rings. The van der Waals surface area contributed by atoms with Gasteiger partial charge in [-0.15, -0.1) is 0 Å². The molecule has 0 aromatic heterocycles. The van der Waals surface area contributed by atoms with Crippen molar-refractivity contribution >= 4 is 0 Å². The van der Waals surface area contributed by atoms with Crippen molar-refractivity contribution in [3.05, 3.63) is 94.6 Å². The maximum absolute atomic E-state index is 13.8. The second kappa shape index (κ2) is 7.97. The van der Waals surface area contributed by atoms with E-state index in [0.717, 1.165) is 29.5 Å². The topological polar surface area (TPSA) is 0 Å². The van der Waals surface area contributed by atoms with E-state index >= 15 is 0 Å². The quantitative estimate of drug-likeness (QED) is 0.489. The van der Waals surface area contributed by atoms with Crippen molar-refractivity contribution in [2.45, 2.75) is 26.7 Å². The summed E-state index contributed by atoms with van der Waals surface area (Å²) in [6, 6.07) is 18.8. The molecule has 0 nitrogen and oxygen atoms in total. The standard InChI is InChI=1S/C24H20F2/c1-3-4-18-5-10-20(11-6-18)21-12-7-19(8-13-21)9-14-22-23(25)15-17(2)16-24(22)26/h5-8,10-13,15-16H,3-4H2,1-2H3. The Balaban J connectivity index is 1.81. The first kappa shape index (κ1) is 17.9. The van der Waals surface area contributed by atoms with Gasteiger partial charge in [-0.05, 0) is 59.9 Å². The van der Waals surface area contributed by atoms with Crippen molar-refractivity contribution in [3.63, 3.8) is 0 Å². The van der Waals surface area contributed by atoms with Crippen LogP contribution in [0.3, 0.4) is 0 Å². The summed E-state index contributed by atoms with van der Waals surface area (Å²) in [6.45, 7) is 3.82. The van der Waals surface area contributed by atoms with Crippen LogP contribution in [0.1, 0.15) is 35.6 Å². The number of rotatable bonds is 3. The van der Waals surface area contributed by atoms with Crippen LogP contribution in [-0.2, 0) is 6.42 Å². The predicted octanol–water partition coefficient (Wildman–Crippen LogP) is 6.29. The number of hydrogen-bond acceptors (Lipinski definition) is 0. The third-order valence-electron chi connectivity index (χ3n) is 4.23. The molecule has 3 rings (SSSR count). The molecule has 0 aliphatic heterocycles. The van der Waals surface area contributed by atoms with Gasteiger partial charge in [-0.3, -0.25) is 0 Å². The number of benzene rings is 3. The monoisotopic (exact) mass is 346 g/mol. The summed E-state index contributed by atoms with van der Waals surface area (Å²) >= 11 is 0. The Morgan fingerprint density at radius 3 is 1.85 bits per heavy atom. The molecule has 0 atom stereocenters. The van der Waals surface area contributed by atoms with Crippen LogP contribution in [0.15, 0.2) is 60.7 Å². The van der Waals surface area contributed by atoms with E-state index < -0.39 is 11.6 Å². The van der Waals surface area contributed by atoms with E-state index in [1.807, 2.05) is 24.3 Å². The summed E-state index contributed by atoms with van der Waals surface area (Å²) in [5.41, 5.74) is 4.63. The minimum Gasteiger partial charge on any atom is -0.206 e. The van der Waals surface area contributed by atoms with Gasteiger partial charge in [-0.1, -0.05) is 61.6 Å². The van der Waals surface area contributed by atoms with Gasteiger partial charge in [-0.2, -0.15) is 0 Å². The first-order chi connectivity index (χ1) is 12.6. The lowest BCUT2D eigenvalue weighted by molar-refractivity contribution is 0.575. The molecule has 0 amide bonds. The lowest BCUT2D eigenvalue weighted by atomic mass is 10.0. The lowest BCUT2D eigenvalue weighted by Gasteiger charge is -2.04. The highest BCUT2D eigenvalue weighted by molar-refractivity contribution is 5.64. The molecule has 0 saturated carbocycles. The Morgan fingerprint density at radius 1 is 0.769 bits per heavy atom. The largest absolute Gasteiger partial charge is 0.206 e. The molecular formula is C24H20F2. The molecule has 0 N–H and O–H groups in total. The number of hydrogen-bond donors (Lipinski definition) is 0. The molecule has 0 aliphatic rings. The van der Waals surface area contributed by atoms with Gasteiger partial charge in [0.25, 0.3) is 0 Å². The average Bonchev–Trinajstić information content (AvgIpc) is 2.62. The van der Waals surface area contributed by atoms with Crippen LogP contribution in [0.2, 0.25) is 0 Å². The highest BCUT2D eigenvalue weighted by Crippen LogP contribution is 2.21. The Morgan fingerprint density at radius 2 is 1.31 bits per heavy atom. The van der Waals surface area contributed by atoms with Gasteiger partial charge < -0.3 is 0 Å². The molecule has 130 valence electrons. The molecule has 0 spiro atoms. The van der Waals surface area contributed by atoms with E-state index in [1.165, 1.54) is 17.7 Å². The van der Waals surface area contributed by atoms with Crippen LogP contribution >= 0.6 is 0 Å². The maximum Gasteiger partial charge on any atom is 0.142 e. The van der Waals surface area contributed by atoms with E-state index in [9.17, 15) is 8.78 Å². The van der Waals surface area contributed by atoms with Crippen LogP contribution in [0, 0.1) is 30.4 Å². The average molecular weight is 346 g/mol. The van der Waals surface area contributed by atoms with Crippen LogP contribution in [0.25, 0.3) is 11.1 Å². The first-order valence-electron chi connectivity index (χ1n) is 8.74. The molecule has 0 fully saturated rings. The molecular weight excluding hydrogens is 326 g/mol. The Kier molecular flexibility index (Phi) is 5.49. The second-order valence-corrected chi connectivity index (χ2v) is 6.38. The van der Waals surface area contributed by atoms with Gasteiger partial charge in [0.2, 0.25) is 0 Å². The summed E-state index contributed by atoms with van der Waals surface area (Å²) in [5, 5.41) is 0. The Labute approximate surface area is 153 Å². The third kappa shape index (κ3) is 4.18. The number of halogens is 2. The smallest absolute Gasteiger partial charge is 0.142 e. The Hall–Kier alpha value is -2.92. The zero-order valence-corrected chi connectivity index (χ0v) is 14.9. The van der Waals surface area contributed by atoms with Gasteiger partial charge in [0.1, 0.15) is 11.6 Å². The SMILES string of the molecule is CCCc1ccc(-c2ccc(C#Cc3c(F)cc(C)cc3F)cc2)cc1. The van der Waals surface area contributed by atoms with Crippen molar-refractivity contribution in [1.82, 2.24) is 0 Å². The van der Waals surface area contributed by atoms with Crippen molar-refractivity contribution in [3.8, 4) is 23.0 Å². The lowest BCUT2D eigenvalue weighted by Crippen LogP contribution is -1.91. The highest BCUT2D eigenvalue weighted by atomic mass is 19.1. The minimum atomic E-state index is -0.626. The van der Waals surface area contributed by atoms with Gasteiger partial charge in [0, 0.05) is 5.56 Å². The van der Waals surface area contributed by atoms with Crippen molar-refractivity contribution < 1.29 is 8.78 Å². The maximum atomic E-state index is 13.8. The van der Waals surface area contributed by atoms with Crippen LogP contribution < -0.4 is 0 Å². The predicted molar refractivity (Wildman–Crippen MR) is 103 cm³/mol. The van der Waals surface area contributed by atoms with Gasteiger partial charge in [0.05, 0.1) is 5.56 Å². The molecule has 0 aliphatic carbocycles. The molecule has 26 heavy (non-hydrogen) atoms. The highest BCUT2D eigenvalue weighted by Gasteiger charge is 2.07. The fraction of sp³-hybridized carbons (Fsp3) is 0.167. The normalized spacial score (nSPS) is 10.3. The Bertz CT molecular complexity index is 933. The van der Waals surface area contributed by atoms with Crippen molar-refractivity contribution in [2.75, 3.05) is 0 Å². The summed E-state index contributed by atoms with van der Waals surface area (Å²) in [5.74, 6) is 4.19. The molecule has 2 heteroatoms.